The van der Waals surface area contributed by atoms with E-state index in [-0.39, 0.29) is 23.2 Å². The van der Waals surface area contributed by atoms with Crippen molar-refractivity contribution in [3.63, 3.8) is 0 Å². The van der Waals surface area contributed by atoms with Crippen molar-refractivity contribution in [1.29, 1.82) is 0 Å². The number of Topliss-reactive ketones (excluding diaryl/α,β-unsaturated/α-hetero) is 1. The minimum atomic E-state index is -1.15. The zero-order valence-electron chi connectivity index (χ0n) is 19.2. The number of aromatic amines is 1. The van der Waals surface area contributed by atoms with Crippen LogP contribution in [0.4, 0.5) is 8.78 Å². The Balaban J connectivity index is 1.91. The third-order valence-corrected chi connectivity index (χ3v) is 6.34. The minimum Gasteiger partial charge on any atom is -0.358 e. The van der Waals surface area contributed by atoms with Crippen molar-refractivity contribution in [2.24, 2.45) is 11.8 Å². The van der Waals surface area contributed by atoms with Gasteiger partial charge in [-0.2, -0.15) is 0 Å². The van der Waals surface area contributed by atoms with Gasteiger partial charge in [0.25, 0.3) is 0 Å². The second-order valence-electron chi connectivity index (χ2n) is 9.09. The lowest BCUT2D eigenvalue weighted by atomic mass is 9.78. The van der Waals surface area contributed by atoms with E-state index >= 15 is 0 Å². The summed E-state index contributed by atoms with van der Waals surface area (Å²) in [5.74, 6) is -4.75. The fraction of sp³-hybridized carbons (Fsp3) is 0.346. The predicted molar refractivity (Wildman–Crippen MR) is 124 cm³/mol. The van der Waals surface area contributed by atoms with Gasteiger partial charge in [-0.05, 0) is 41.7 Å². The Morgan fingerprint density at radius 2 is 1.76 bits per heavy atom. The molecule has 178 valence electrons. The lowest BCUT2D eigenvalue weighted by Gasteiger charge is -2.23. The zero-order valence-corrected chi connectivity index (χ0v) is 19.2. The Hall–Kier alpha value is -3.55. The standard InChI is InChI=1S/C26H27F2N3O3/c1-13(2)23-25(33)22(26(34)31-23)21(15-10-16(27)12-17(28)11-15)24-19(8-9-29-14(3)32)18-6-4-5-7-20(18)30-24/h4-7,10-13,21-23,30H,8-9H2,1-3H3,(H,29,32)(H,31,34). The van der Waals surface area contributed by atoms with Crippen LogP contribution in [0, 0.1) is 23.5 Å². The largest absolute Gasteiger partial charge is 0.358 e. The number of benzene rings is 2. The van der Waals surface area contributed by atoms with Crippen LogP contribution in [0.25, 0.3) is 10.9 Å². The van der Waals surface area contributed by atoms with Crippen molar-refractivity contribution >= 4 is 28.5 Å². The van der Waals surface area contributed by atoms with E-state index in [0.717, 1.165) is 22.5 Å². The van der Waals surface area contributed by atoms with Crippen molar-refractivity contribution < 1.29 is 23.2 Å². The number of aromatic nitrogens is 1. The van der Waals surface area contributed by atoms with Gasteiger partial charge in [0, 0.05) is 42.0 Å². The highest BCUT2D eigenvalue weighted by Gasteiger charge is 2.48. The number of nitrogens with one attached hydrogen (secondary N) is 3. The minimum absolute atomic E-state index is 0.131. The number of H-pyrrole nitrogens is 1. The first-order valence-corrected chi connectivity index (χ1v) is 11.3. The number of carbonyl (C=O) groups excluding carboxylic acids is 3. The van der Waals surface area contributed by atoms with Crippen LogP contribution in [0.15, 0.2) is 42.5 Å². The molecule has 1 aromatic heterocycles. The lowest BCUT2D eigenvalue weighted by molar-refractivity contribution is -0.128. The Morgan fingerprint density at radius 3 is 2.38 bits per heavy atom. The van der Waals surface area contributed by atoms with Crippen LogP contribution in [0.1, 0.15) is 43.5 Å². The maximum Gasteiger partial charge on any atom is 0.232 e. The Bertz CT molecular complexity index is 1250. The van der Waals surface area contributed by atoms with Gasteiger partial charge in [0.15, 0.2) is 5.78 Å². The molecule has 8 heteroatoms. The van der Waals surface area contributed by atoms with E-state index in [1.807, 2.05) is 38.1 Å². The van der Waals surface area contributed by atoms with Gasteiger partial charge in [-0.1, -0.05) is 32.0 Å². The van der Waals surface area contributed by atoms with Crippen molar-refractivity contribution in [2.45, 2.75) is 39.2 Å². The molecule has 0 bridgehead atoms. The van der Waals surface area contributed by atoms with Gasteiger partial charge < -0.3 is 15.6 Å². The molecule has 3 aromatic rings. The highest BCUT2D eigenvalue weighted by molar-refractivity contribution is 6.11. The molecule has 0 saturated carbocycles. The SMILES string of the molecule is CC(=O)NCCc1c(C(c2cc(F)cc(F)c2)C2C(=O)NC(C(C)C)C2=O)[nH]c2ccccc12. The van der Waals surface area contributed by atoms with Crippen LogP contribution < -0.4 is 10.6 Å². The fourth-order valence-corrected chi connectivity index (χ4v) is 4.85. The average molecular weight is 468 g/mol. The van der Waals surface area contributed by atoms with E-state index in [1.54, 1.807) is 0 Å². The lowest BCUT2D eigenvalue weighted by Crippen LogP contribution is -2.34. The highest BCUT2D eigenvalue weighted by Crippen LogP contribution is 2.40. The summed E-state index contributed by atoms with van der Waals surface area (Å²) in [6.45, 7) is 5.42. The molecule has 2 amide bonds. The monoisotopic (exact) mass is 467 g/mol. The van der Waals surface area contributed by atoms with Crippen LogP contribution in [0.5, 0.6) is 0 Å². The molecule has 1 saturated heterocycles. The fourth-order valence-electron chi connectivity index (χ4n) is 4.85. The number of para-hydroxylation sites is 1. The summed E-state index contributed by atoms with van der Waals surface area (Å²) in [5, 5.41) is 6.39. The molecule has 2 aromatic carbocycles. The van der Waals surface area contributed by atoms with E-state index in [1.165, 1.54) is 19.1 Å². The quantitative estimate of drug-likeness (QED) is 0.464. The third-order valence-electron chi connectivity index (χ3n) is 6.34. The summed E-state index contributed by atoms with van der Waals surface area (Å²) in [5.41, 5.74) is 2.29. The molecule has 2 heterocycles. The van der Waals surface area contributed by atoms with Gasteiger partial charge >= 0.3 is 0 Å². The number of hydrogen-bond donors (Lipinski definition) is 3. The molecule has 3 atom stereocenters. The Kier molecular flexibility index (Phi) is 6.50. The number of hydrogen-bond acceptors (Lipinski definition) is 3. The normalized spacial score (nSPS) is 19.0. The molecule has 0 spiro atoms. The van der Waals surface area contributed by atoms with Crippen molar-refractivity contribution in [1.82, 2.24) is 15.6 Å². The maximum atomic E-state index is 14.3. The van der Waals surface area contributed by atoms with Crippen LogP contribution in [0.2, 0.25) is 0 Å². The van der Waals surface area contributed by atoms with Crippen molar-refractivity contribution in [3.8, 4) is 0 Å². The number of rotatable bonds is 7. The predicted octanol–water partition coefficient (Wildman–Crippen LogP) is 3.60. The van der Waals surface area contributed by atoms with Crippen LogP contribution in [-0.4, -0.2) is 35.2 Å². The molecular weight excluding hydrogens is 440 g/mol. The summed E-state index contributed by atoms with van der Waals surface area (Å²) in [6, 6.07) is 9.88. The first kappa shape index (κ1) is 23.6. The van der Waals surface area contributed by atoms with Crippen LogP contribution >= 0.6 is 0 Å². The number of ketones is 1. The molecule has 4 rings (SSSR count). The summed E-state index contributed by atoms with van der Waals surface area (Å²) in [7, 11) is 0. The molecule has 1 aliphatic rings. The van der Waals surface area contributed by atoms with Crippen LogP contribution in [-0.2, 0) is 20.8 Å². The van der Waals surface area contributed by atoms with Gasteiger partial charge in [0.1, 0.15) is 17.6 Å². The van der Waals surface area contributed by atoms with E-state index in [2.05, 4.69) is 15.6 Å². The average Bonchev–Trinajstić information content (AvgIpc) is 3.26. The number of amides is 2. The molecule has 34 heavy (non-hydrogen) atoms. The number of carbonyl (C=O) groups is 3. The van der Waals surface area contributed by atoms with Crippen LogP contribution in [0.3, 0.4) is 0 Å². The molecule has 3 unspecified atom stereocenters. The summed E-state index contributed by atoms with van der Waals surface area (Å²) < 4.78 is 28.6. The van der Waals surface area contributed by atoms with E-state index in [4.69, 9.17) is 0 Å². The second-order valence-corrected chi connectivity index (χ2v) is 9.09. The number of halogens is 2. The molecule has 0 aliphatic carbocycles. The number of fused-ring (bicyclic) bond motifs is 1. The summed E-state index contributed by atoms with van der Waals surface area (Å²) in [6.07, 6.45) is 0.406. The Labute approximate surface area is 196 Å². The van der Waals surface area contributed by atoms with E-state index < -0.39 is 35.4 Å². The second kappa shape index (κ2) is 9.37. The van der Waals surface area contributed by atoms with Gasteiger partial charge in [-0.15, -0.1) is 0 Å². The third kappa shape index (κ3) is 4.44. The van der Waals surface area contributed by atoms with Gasteiger partial charge in [0.05, 0.1) is 6.04 Å². The van der Waals surface area contributed by atoms with Crippen molar-refractivity contribution in [3.05, 3.63) is 70.9 Å². The summed E-state index contributed by atoms with van der Waals surface area (Å²) >= 11 is 0. The maximum absolute atomic E-state index is 14.3. The van der Waals surface area contributed by atoms with Gasteiger partial charge in [-0.25, -0.2) is 8.78 Å². The zero-order chi connectivity index (χ0) is 24.6. The van der Waals surface area contributed by atoms with Gasteiger partial charge in [-0.3, -0.25) is 14.4 Å². The molecule has 1 aliphatic heterocycles. The van der Waals surface area contributed by atoms with E-state index in [9.17, 15) is 23.2 Å². The molecule has 3 N–H and O–H groups in total. The van der Waals surface area contributed by atoms with Crippen molar-refractivity contribution in [2.75, 3.05) is 6.54 Å². The smallest absolute Gasteiger partial charge is 0.232 e. The first-order valence-electron chi connectivity index (χ1n) is 11.3. The Morgan fingerprint density at radius 1 is 1.09 bits per heavy atom. The molecular formula is C26H27F2N3O3. The van der Waals surface area contributed by atoms with E-state index in [0.29, 0.717) is 18.7 Å². The highest BCUT2D eigenvalue weighted by atomic mass is 19.1. The molecule has 6 nitrogen and oxygen atoms in total. The first-order chi connectivity index (χ1) is 16.2. The summed E-state index contributed by atoms with van der Waals surface area (Å²) in [4.78, 5) is 41.3. The molecule has 0 radical (unpaired) electrons. The van der Waals surface area contributed by atoms with Gasteiger partial charge in [0.2, 0.25) is 11.8 Å². The molecule has 1 fully saturated rings. The topological polar surface area (TPSA) is 91.1 Å².